The van der Waals surface area contributed by atoms with Gasteiger partial charge >= 0.3 is 5.97 Å². The van der Waals surface area contributed by atoms with Crippen molar-refractivity contribution in [2.45, 2.75) is 71.3 Å². The van der Waals surface area contributed by atoms with E-state index in [1.165, 1.54) is 26.4 Å². The molecule has 0 spiro atoms. The van der Waals surface area contributed by atoms with Gasteiger partial charge < -0.3 is 19.5 Å². The first-order valence-electron chi connectivity index (χ1n) is 11.9. The van der Waals surface area contributed by atoms with E-state index in [0.717, 1.165) is 25.7 Å². The number of benzene rings is 1. The second kappa shape index (κ2) is 9.36. The summed E-state index contributed by atoms with van der Waals surface area (Å²) in [5.74, 6) is -1.18. The molecule has 1 aromatic carbocycles. The largest absolute Gasteiger partial charge is 0.493 e. The van der Waals surface area contributed by atoms with Crippen molar-refractivity contribution in [3.05, 3.63) is 50.4 Å². The first-order chi connectivity index (χ1) is 16.6. The number of Topliss-reactive ketones (excluding diaryl/α,β-unsaturated/α-hetero) is 1. The van der Waals surface area contributed by atoms with E-state index in [0.29, 0.717) is 23.4 Å². The molecule has 4 rings (SSSR count). The lowest BCUT2D eigenvalue weighted by Crippen LogP contribution is -2.39. The number of allylic oxidation sites excluding steroid dienone is 3. The number of hydrogen-bond donors (Lipinski definition) is 1. The number of ketones is 1. The van der Waals surface area contributed by atoms with Crippen molar-refractivity contribution in [3.63, 3.8) is 0 Å². The van der Waals surface area contributed by atoms with Crippen LogP contribution in [0.3, 0.4) is 0 Å². The topological polar surface area (TPSA) is 117 Å². The molecule has 0 unspecified atom stereocenters. The van der Waals surface area contributed by atoms with Crippen LogP contribution in [0.5, 0.6) is 11.5 Å². The molecule has 0 saturated heterocycles. The molecule has 3 aliphatic rings. The summed E-state index contributed by atoms with van der Waals surface area (Å²) in [7, 11) is 2.83. The second-order valence-corrected chi connectivity index (χ2v) is 10.3. The lowest BCUT2D eigenvalue weighted by molar-refractivity contribution is -0.385. The Morgan fingerprint density at radius 1 is 1.11 bits per heavy atom. The van der Waals surface area contributed by atoms with Crippen molar-refractivity contribution in [1.82, 2.24) is 5.32 Å². The number of nitro benzene ring substituents is 1. The fraction of sp³-hybridized carbons (Fsp3) is 0.538. The van der Waals surface area contributed by atoms with Crippen LogP contribution in [-0.2, 0) is 14.3 Å². The zero-order valence-corrected chi connectivity index (χ0v) is 20.9. The Balaban J connectivity index is 1.93. The molecule has 0 bridgehead atoms. The van der Waals surface area contributed by atoms with Crippen LogP contribution >= 0.6 is 0 Å². The molecule has 2 aliphatic carbocycles. The second-order valence-electron chi connectivity index (χ2n) is 10.3. The molecule has 9 nitrogen and oxygen atoms in total. The van der Waals surface area contributed by atoms with Gasteiger partial charge in [0.05, 0.1) is 36.7 Å². The maximum atomic E-state index is 13.5. The van der Waals surface area contributed by atoms with Crippen LogP contribution in [-0.4, -0.2) is 37.0 Å². The van der Waals surface area contributed by atoms with Gasteiger partial charge in [0.2, 0.25) is 0 Å². The third-order valence-electron chi connectivity index (χ3n) is 7.08. The summed E-state index contributed by atoms with van der Waals surface area (Å²) < 4.78 is 16.6. The lowest BCUT2D eigenvalue weighted by Gasteiger charge is -2.39. The minimum absolute atomic E-state index is 0.142. The molecule has 35 heavy (non-hydrogen) atoms. The van der Waals surface area contributed by atoms with Crippen LogP contribution in [0.15, 0.2) is 34.7 Å². The molecule has 0 aromatic heterocycles. The molecular weight excluding hydrogens is 452 g/mol. The van der Waals surface area contributed by atoms with Gasteiger partial charge in [-0.25, -0.2) is 4.79 Å². The van der Waals surface area contributed by atoms with E-state index >= 15 is 0 Å². The Kier molecular flexibility index (Phi) is 6.62. The van der Waals surface area contributed by atoms with Gasteiger partial charge in [-0.05, 0) is 50.5 Å². The fourth-order valence-electron chi connectivity index (χ4n) is 5.51. The van der Waals surface area contributed by atoms with Gasteiger partial charge in [-0.3, -0.25) is 14.9 Å². The molecular formula is C26H32N2O7. The first kappa shape index (κ1) is 24.8. The van der Waals surface area contributed by atoms with Crippen molar-refractivity contribution < 1.29 is 28.7 Å². The molecule has 0 amide bonds. The van der Waals surface area contributed by atoms with Crippen molar-refractivity contribution in [3.8, 4) is 11.5 Å². The molecule has 1 aromatic rings. The van der Waals surface area contributed by atoms with Crippen LogP contribution < -0.4 is 14.8 Å². The average molecular weight is 485 g/mol. The summed E-state index contributed by atoms with van der Waals surface area (Å²) in [5.41, 5.74) is 1.49. The zero-order chi connectivity index (χ0) is 25.5. The van der Waals surface area contributed by atoms with Gasteiger partial charge in [0.25, 0.3) is 5.69 Å². The van der Waals surface area contributed by atoms with Gasteiger partial charge in [0.1, 0.15) is 6.10 Å². The average Bonchev–Trinajstić information content (AvgIpc) is 3.29. The SMILES string of the molecule is COc1cc([C@H]2C(C(=O)OC3CCCC3)=C(C)NC3=C2C(=O)CC(C)(C)C3)c([N+](=O)[O-])cc1OC. The Hall–Kier alpha value is -3.36. The number of dihydropyridines is 1. The van der Waals surface area contributed by atoms with Crippen LogP contribution in [0.1, 0.15) is 70.8 Å². The highest BCUT2D eigenvalue weighted by atomic mass is 16.6. The van der Waals surface area contributed by atoms with E-state index in [4.69, 9.17) is 14.2 Å². The number of hydrogen-bond acceptors (Lipinski definition) is 8. The highest BCUT2D eigenvalue weighted by molar-refractivity contribution is 6.04. The molecule has 0 radical (unpaired) electrons. The van der Waals surface area contributed by atoms with E-state index in [9.17, 15) is 19.7 Å². The highest BCUT2D eigenvalue weighted by Crippen LogP contribution is 2.50. The van der Waals surface area contributed by atoms with E-state index in [1.54, 1.807) is 6.92 Å². The van der Waals surface area contributed by atoms with Crippen molar-refractivity contribution >= 4 is 17.4 Å². The quantitative estimate of drug-likeness (QED) is 0.351. The molecule has 9 heteroatoms. The predicted octanol–water partition coefficient (Wildman–Crippen LogP) is 4.70. The Morgan fingerprint density at radius 3 is 2.34 bits per heavy atom. The van der Waals surface area contributed by atoms with Gasteiger partial charge in [-0.15, -0.1) is 0 Å². The molecule has 1 fully saturated rings. The van der Waals surface area contributed by atoms with Crippen molar-refractivity contribution in [2.24, 2.45) is 5.41 Å². The van der Waals surface area contributed by atoms with E-state index in [-0.39, 0.29) is 52.0 Å². The summed E-state index contributed by atoms with van der Waals surface area (Å²) in [6, 6.07) is 2.78. The van der Waals surface area contributed by atoms with Gasteiger partial charge in [0.15, 0.2) is 17.3 Å². The number of ether oxygens (including phenoxy) is 3. The minimum atomic E-state index is -0.955. The summed E-state index contributed by atoms with van der Waals surface area (Å²) in [6.07, 6.45) is 4.20. The van der Waals surface area contributed by atoms with E-state index < -0.39 is 16.8 Å². The Morgan fingerprint density at radius 2 is 1.74 bits per heavy atom. The number of carbonyl (C=O) groups excluding carboxylic acids is 2. The summed E-state index contributed by atoms with van der Waals surface area (Å²) >= 11 is 0. The zero-order valence-electron chi connectivity index (χ0n) is 20.9. The monoisotopic (exact) mass is 484 g/mol. The number of rotatable bonds is 6. The van der Waals surface area contributed by atoms with Crippen LogP contribution in [0.2, 0.25) is 0 Å². The van der Waals surface area contributed by atoms with Crippen molar-refractivity contribution in [2.75, 3.05) is 14.2 Å². The van der Waals surface area contributed by atoms with Crippen LogP contribution in [0.25, 0.3) is 0 Å². The van der Waals surface area contributed by atoms with E-state index in [2.05, 4.69) is 5.32 Å². The maximum absolute atomic E-state index is 13.5. The summed E-state index contributed by atoms with van der Waals surface area (Å²) in [4.78, 5) is 38.7. The van der Waals surface area contributed by atoms with Gasteiger partial charge in [-0.1, -0.05) is 13.8 Å². The van der Waals surface area contributed by atoms with Gasteiger partial charge in [-0.2, -0.15) is 0 Å². The third-order valence-corrected chi connectivity index (χ3v) is 7.08. The third kappa shape index (κ3) is 4.63. The Bertz CT molecular complexity index is 1140. The van der Waals surface area contributed by atoms with Crippen LogP contribution in [0.4, 0.5) is 5.69 Å². The van der Waals surface area contributed by atoms with Crippen LogP contribution in [0, 0.1) is 15.5 Å². The number of carbonyl (C=O) groups is 2. The highest BCUT2D eigenvalue weighted by Gasteiger charge is 2.46. The smallest absolute Gasteiger partial charge is 0.337 e. The fourth-order valence-corrected chi connectivity index (χ4v) is 5.51. The first-order valence-corrected chi connectivity index (χ1v) is 11.9. The number of nitrogens with one attached hydrogen (secondary N) is 1. The minimum Gasteiger partial charge on any atom is -0.493 e. The summed E-state index contributed by atoms with van der Waals surface area (Å²) in [5, 5.41) is 15.4. The lowest BCUT2D eigenvalue weighted by atomic mass is 9.68. The predicted molar refractivity (Wildman–Crippen MR) is 128 cm³/mol. The number of nitro groups is 1. The van der Waals surface area contributed by atoms with Crippen molar-refractivity contribution in [1.29, 1.82) is 0 Å². The van der Waals surface area contributed by atoms with Gasteiger partial charge in [0, 0.05) is 29.0 Å². The number of esters is 1. The standard InChI is InChI=1S/C26H32N2O7/c1-14-22(25(30)35-15-8-6-7-9-15)23(24-17(27-14)12-26(2,3)13-19(24)29)16-10-20(33-4)21(34-5)11-18(16)28(31)32/h10-11,15,23,27H,6-9,12-13H2,1-5H3/t23-/m0/s1. The molecule has 1 atom stereocenters. The molecule has 1 saturated carbocycles. The normalized spacial score (nSPS) is 22.0. The maximum Gasteiger partial charge on any atom is 0.337 e. The molecule has 1 heterocycles. The Labute approximate surface area is 204 Å². The summed E-state index contributed by atoms with van der Waals surface area (Å²) in [6.45, 7) is 5.76. The molecule has 188 valence electrons. The number of nitrogens with zero attached hydrogens (tertiary/aromatic N) is 1. The number of methoxy groups -OCH3 is 2. The molecule has 1 aliphatic heterocycles. The molecule has 1 N–H and O–H groups in total. The van der Waals surface area contributed by atoms with E-state index in [1.807, 2.05) is 13.8 Å².